The van der Waals surface area contributed by atoms with Crippen LogP contribution in [0.5, 0.6) is 0 Å². The second-order valence-electron chi connectivity index (χ2n) is 1.69. The smallest absolute Gasteiger partial charge is 0.271 e. The van der Waals surface area contributed by atoms with Gasteiger partial charge in [-0.3, -0.25) is 4.79 Å². The van der Waals surface area contributed by atoms with Crippen molar-refractivity contribution >= 4 is 17.5 Å². The van der Waals surface area contributed by atoms with Crippen LogP contribution in [0.3, 0.4) is 0 Å². The second kappa shape index (κ2) is 2.70. The zero-order chi connectivity index (χ0) is 7.56. The molecule has 0 saturated heterocycles. The van der Waals surface area contributed by atoms with E-state index in [0.29, 0.717) is 5.56 Å². The van der Waals surface area contributed by atoms with Gasteiger partial charge in [0.25, 0.3) is 5.91 Å². The molecule has 0 fully saturated rings. The van der Waals surface area contributed by atoms with Gasteiger partial charge in [0.05, 0.1) is 5.88 Å². The molecule has 1 amide bonds. The highest BCUT2D eigenvalue weighted by atomic mass is 35.5. The minimum atomic E-state index is -0.621. The van der Waals surface area contributed by atoms with E-state index in [2.05, 4.69) is 9.68 Å². The number of rotatable bonds is 2. The molecule has 4 nitrogen and oxygen atoms in total. The quantitative estimate of drug-likeness (QED) is 0.641. The van der Waals surface area contributed by atoms with Gasteiger partial charge in [0.1, 0.15) is 6.26 Å². The van der Waals surface area contributed by atoms with Crippen LogP contribution in [0.25, 0.3) is 0 Å². The Balaban J connectivity index is 3.01. The Kier molecular flexibility index (Phi) is 1.91. The van der Waals surface area contributed by atoms with Crippen LogP contribution in [0.1, 0.15) is 16.1 Å². The molecule has 5 heteroatoms. The third kappa shape index (κ3) is 1.11. The van der Waals surface area contributed by atoms with Crippen LogP contribution in [0.2, 0.25) is 0 Å². The summed E-state index contributed by atoms with van der Waals surface area (Å²) in [5.74, 6) is -0.439. The van der Waals surface area contributed by atoms with E-state index in [1.54, 1.807) is 0 Å². The van der Waals surface area contributed by atoms with Crippen LogP contribution >= 0.6 is 11.6 Å². The molecule has 1 heterocycles. The number of hydrogen-bond acceptors (Lipinski definition) is 3. The summed E-state index contributed by atoms with van der Waals surface area (Å²) in [6.07, 6.45) is 1.30. The first kappa shape index (κ1) is 7.08. The number of amides is 1. The van der Waals surface area contributed by atoms with E-state index >= 15 is 0 Å². The molecule has 0 saturated carbocycles. The fourth-order valence-corrected chi connectivity index (χ4v) is 0.745. The molecule has 54 valence electrons. The maximum Gasteiger partial charge on any atom is 0.271 e. The standard InChI is InChI=1S/C5H5ClN2O2/c6-1-3-2-10-8-4(3)5(7)9/h2H,1H2,(H2,7,9). The Bertz CT molecular complexity index is 246. The topological polar surface area (TPSA) is 69.1 Å². The van der Waals surface area contributed by atoms with Crippen molar-refractivity contribution < 1.29 is 9.32 Å². The summed E-state index contributed by atoms with van der Waals surface area (Å²) in [6.45, 7) is 0. The molecular weight excluding hydrogens is 156 g/mol. The summed E-state index contributed by atoms with van der Waals surface area (Å²) in [6, 6.07) is 0. The number of aromatic nitrogens is 1. The summed E-state index contributed by atoms with van der Waals surface area (Å²) < 4.78 is 4.46. The molecule has 0 aliphatic rings. The van der Waals surface area contributed by atoms with Crippen molar-refractivity contribution in [2.45, 2.75) is 5.88 Å². The lowest BCUT2D eigenvalue weighted by atomic mass is 10.3. The molecule has 0 atom stereocenters. The zero-order valence-electron chi connectivity index (χ0n) is 5.00. The van der Waals surface area contributed by atoms with Gasteiger partial charge < -0.3 is 10.3 Å². The van der Waals surface area contributed by atoms with E-state index < -0.39 is 5.91 Å². The first-order valence-electron chi connectivity index (χ1n) is 2.54. The van der Waals surface area contributed by atoms with Gasteiger partial charge >= 0.3 is 0 Å². The first-order valence-corrected chi connectivity index (χ1v) is 3.08. The Morgan fingerprint density at radius 1 is 1.90 bits per heavy atom. The average Bonchev–Trinajstić information content (AvgIpc) is 2.33. The average molecular weight is 161 g/mol. The third-order valence-corrected chi connectivity index (χ3v) is 1.31. The normalized spacial score (nSPS) is 9.70. The maximum atomic E-state index is 10.5. The lowest BCUT2D eigenvalue weighted by molar-refractivity contribution is 0.0991. The molecule has 0 radical (unpaired) electrons. The van der Waals surface area contributed by atoms with Crippen LogP contribution in [0.4, 0.5) is 0 Å². The lowest BCUT2D eigenvalue weighted by Gasteiger charge is -1.87. The van der Waals surface area contributed by atoms with Crippen molar-refractivity contribution in [2.75, 3.05) is 0 Å². The molecule has 0 spiro atoms. The monoisotopic (exact) mass is 160 g/mol. The fourth-order valence-electron chi connectivity index (χ4n) is 0.555. The number of hydrogen-bond donors (Lipinski definition) is 1. The molecule has 0 aliphatic heterocycles. The van der Waals surface area contributed by atoms with E-state index in [0.717, 1.165) is 0 Å². The highest BCUT2D eigenvalue weighted by Gasteiger charge is 2.10. The van der Waals surface area contributed by atoms with Gasteiger partial charge in [-0.25, -0.2) is 0 Å². The summed E-state index contributed by atoms with van der Waals surface area (Å²) in [5, 5.41) is 3.35. The van der Waals surface area contributed by atoms with Crippen LogP contribution in [-0.2, 0) is 5.88 Å². The van der Waals surface area contributed by atoms with E-state index in [1.165, 1.54) is 6.26 Å². The van der Waals surface area contributed by atoms with Crippen LogP contribution in [0.15, 0.2) is 10.8 Å². The van der Waals surface area contributed by atoms with Crippen LogP contribution < -0.4 is 5.73 Å². The van der Waals surface area contributed by atoms with E-state index in [1.807, 2.05) is 0 Å². The first-order chi connectivity index (χ1) is 4.75. The number of carbonyl (C=O) groups is 1. The van der Waals surface area contributed by atoms with E-state index in [-0.39, 0.29) is 11.6 Å². The Hall–Kier alpha value is -1.03. The Labute approximate surface area is 61.9 Å². The van der Waals surface area contributed by atoms with Gasteiger partial charge in [0.2, 0.25) is 0 Å². The predicted octanol–water partition coefficient (Wildman–Crippen LogP) is 0.512. The summed E-state index contributed by atoms with van der Waals surface area (Å²) in [4.78, 5) is 10.5. The van der Waals surface area contributed by atoms with Gasteiger partial charge in [0, 0.05) is 5.56 Å². The molecule has 0 aliphatic carbocycles. The zero-order valence-corrected chi connectivity index (χ0v) is 5.76. The van der Waals surface area contributed by atoms with E-state index in [4.69, 9.17) is 17.3 Å². The molecule has 1 rings (SSSR count). The van der Waals surface area contributed by atoms with Gasteiger partial charge in [-0.1, -0.05) is 5.16 Å². The Morgan fingerprint density at radius 3 is 3.00 bits per heavy atom. The minimum absolute atomic E-state index is 0.106. The van der Waals surface area contributed by atoms with Crippen molar-refractivity contribution in [1.82, 2.24) is 5.16 Å². The highest BCUT2D eigenvalue weighted by molar-refractivity contribution is 6.17. The SMILES string of the molecule is NC(=O)c1nocc1CCl. The van der Waals surface area contributed by atoms with Gasteiger partial charge in [-0.05, 0) is 0 Å². The van der Waals surface area contributed by atoms with Gasteiger partial charge in [-0.15, -0.1) is 11.6 Å². The predicted molar refractivity (Wildman–Crippen MR) is 34.6 cm³/mol. The molecule has 0 unspecified atom stereocenters. The number of carbonyl (C=O) groups excluding carboxylic acids is 1. The summed E-state index contributed by atoms with van der Waals surface area (Å²) in [5.41, 5.74) is 5.54. The molecule has 2 N–H and O–H groups in total. The number of alkyl halides is 1. The van der Waals surface area contributed by atoms with E-state index in [9.17, 15) is 4.79 Å². The minimum Gasteiger partial charge on any atom is -0.364 e. The third-order valence-electron chi connectivity index (χ3n) is 1.02. The largest absolute Gasteiger partial charge is 0.364 e. The molecule has 0 aromatic carbocycles. The number of halogens is 1. The number of primary amides is 1. The van der Waals surface area contributed by atoms with Crippen molar-refractivity contribution in [3.63, 3.8) is 0 Å². The lowest BCUT2D eigenvalue weighted by Crippen LogP contribution is -2.13. The van der Waals surface area contributed by atoms with Crippen molar-refractivity contribution in [1.29, 1.82) is 0 Å². The molecule has 0 bridgehead atoms. The molecular formula is C5H5ClN2O2. The van der Waals surface area contributed by atoms with Crippen LogP contribution in [0, 0.1) is 0 Å². The summed E-state index contributed by atoms with van der Waals surface area (Å²) >= 11 is 5.41. The van der Waals surface area contributed by atoms with Crippen molar-refractivity contribution in [3.8, 4) is 0 Å². The van der Waals surface area contributed by atoms with Crippen LogP contribution in [-0.4, -0.2) is 11.1 Å². The summed E-state index contributed by atoms with van der Waals surface area (Å²) in [7, 11) is 0. The van der Waals surface area contributed by atoms with Crippen molar-refractivity contribution in [2.24, 2.45) is 5.73 Å². The molecule has 1 aromatic heterocycles. The number of nitrogens with zero attached hydrogens (tertiary/aromatic N) is 1. The second-order valence-corrected chi connectivity index (χ2v) is 1.95. The number of nitrogens with two attached hydrogens (primary N) is 1. The highest BCUT2D eigenvalue weighted by Crippen LogP contribution is 2.07. The van der Waals surface area contributed by atoms with Gasteiger partial charge in [0.15, 0.2) is 5.69 Å². The molecule has 1 aromatic rings. The van der Waals surface area contributed by atoms with Gasteiger partial charge in [-0.2, -0.15) is 0 Å². The molecule has 10 heavy (non-hydrogen) atoms. The maximum absolute atomic E-state index is 10.5. The fraction of sp³-hybridized carbons (Fsp3) is 0.200. The van der Waals surface area contributed by atoms with Crippen molar-refractivity contribution in [3.05, 3.63) is 17.5 Å². The Morgan fingerprint density at radius 2 is 2.60 bits per heavy atom.